The van der Waals surface area contributed by atoms with E-state index in [0.29, 0.717) is 6.54 Å². The molecule has 0 heterocycles. The average Bonchev–Trinajstić information content (AvgIpc) is 2.67. The van der Waals surface area contributed by atoms with Crippen LogP contribution in [-0.2, 0) is 0 Å². The summed E-state index contributed by atoms with van der Waals surface area (Å²) in [7, 11) is 0. The molecule has 0 fully saturated rings. The molecule has 0 aromatic rings. The number of nitrogens with zero attached hydrogens (tertiary/aromatic N) is 1. The SMILES string of the molecule is CC.CC.CC(C)=C(C)C.CCC=C(C)C.CCN(F)C1=C(C)CCC(C)=C1. The number of allylic oxidation sites excluding steroid dienone is 7. The molecule has 0 N–H and O–H groups in total. The van der Waals surface area contributed by atoms with Crippen molar-refractivity contribution in [2.45, 2.75) is 116 Å². The molecule has 1 aliphatic rings. The Morgan fingerprint density at radius 3 is 1.57 bits per heavy atom. The smallest absolute Gasteiger partial charge is 0.0676 e. The maximum absolute atomic E-state index is 13.2. The molecule has 2 heteroatoms. The van der Waals surface area contributed by atoms with Crippen LogP contribution in [0.3, 0.4) is 0 Å². The molecule has 0 radical (unpaired) electrons. The van der Waals surface area contributed by atoms with E-state index in [4.69, 9.17) is 0 Å². The summed E-state index contributed by atoms with van der Waals surface area (Å²) in [4.78, 5) is 0. The second-order valence-corrected chi connectivity index (χ2v) is 7.02. The second-order valence-electron chi connectivity index (χ2n) is 7.02. The van der Waals surface area contributed by atoms with Gasteiger partial charge in [-0.15, -0.1) is 0 Å². The van der Waals surface area contributed by atoms with E-state index in [1.807, 2.05) is 47.6 Å². The minimum absolute atomic E-state index is 0.427. The zero-order valence-electron chi connectivity index (χ0n) is 21.8. The minimum Gasteiger partial charge on any atom is -0.212 e. The lowest BCUT2D eigenvalue weighted by atomic mass is 9.98. The maximum atomic E-state index is 13.2. The third-order valence-electron chi connectivity index (χ3n) is 3.87. The van der Waals surface area contributed by atoms with E-state index in [0.717, 1.165) is 29.2 Å². The Morgan fingerprint density at radius 2 is 1.32 bits per heavy atom. The van der Waals surface area contributed by atoms with Crippen molar-refractivity contribution in [2.75, 3.05) is 6.54 Å². The third-order valence-corrected chi connectivity index (χ3v) is 3.87. The number of hydrogen-bond acceptors (Lipinski definition) is 1. The Hall–Kier alpha value is -1.31. The second kappa shape index (κ2) is 23.7. The fraction of sp³-hybridized carbons (Fsp3) is 0.692. The third kappa shape index (κ3) is 22.7. The van der Waals surface area contributed by atoms with Gasteiger partial charge in [0, 0.05) is 6.54 Å². The summed E-state index contributed by atoms with van der Waals surface area (Å²) in [6.45, 7) is 29.2. The highest BCUT2D eigenvalue weighted by Gasteiger charge is 2.12. The number of rotatable bonds is 3. The molecule has 0 spiro atoms. The molecule has 0 saturated heterocycles. The summed E-state index contributed by atoms with van der Waals surface area (Å²) in [5.41, 5.74) is 7.46. The van der Waals surface area contributed by atoms with Crippen LogP contribution in [0.4, 0.5) is 4.48 Å². The van der Waals surface area contributed by atoms with Gasteiger partial charge in [0.25, 0.3) is 0 Å². The van der Waals surface area contributed by atoms with E-state index in [9.17, 15) is 4.48 Å². The van der Waals surface area contributed by atoms with Gasteiger partial charge in [-0.3, -0.25) is 0 Å². The lowest BCUT2D eigenvalue weighted by molar-refractivity contribution is 0.0810. The van der Waals surface area contributed by atoms with Gasteiger partial charge < -0.3 is 0 Å². The van der Waals surface area contributed by atoms with E-state index < -0.39 is 0 Å². The molecule has 0 aromatic heterocycles. The highest BCUT2D eigenvalue weighted by molar-refractivity contribution is 5.30. The largest absolute Gasteiger partial charge is 0.212 e. The molecule has 0 amide bonds. The van der Waals surface area contributed by atoms with Gasteiger partial charge in [-0.25, -0.2) is 5.12 Å². The van der Waals surface area contributed by atoms with Gasteiger partial charge in [-0.2, -0.15) is 0 Å². The van der Waals surface area contributed by atoms with Crippen molar-refractivity contribution in [1.29, 1.82) is 0 Å². The summed E-state index contributed by atoms with van der Waals surface area (Å²) in [5.74, 6) is 0. The van der Waals surface area contributed by atoms with Crippen molar-refractivity contribution in [3.8, 4) is 0 Å². The summed E-state index contributed by atoms with van der Waals surface area (Å²) < 4.78 is 13.2. The highest BCUT2D eigenvalue weighted by Crippen LogP contribution is 2.25. The first-order valence-corrected chi connectivity index (χ1v) is 11.1. The van der Waals surface area contributed by atoms with Gasteiger partial charge in [-0.05, 0) is 93.2 Å². The van der Waals surface area contributed by atoms with Crippen LogP contribution < -0.4 is 0 Å². The summed E-state index contributed by atoms with van der Waals surface area (Å²) >= 11 is 0. The van der Waals surface area contributed by atoms with E-state index in [1.54, 1.807) is 0 Å². The van der Waals surface area contributed by atoms with Gasteiger partial charge >= 0.3 is 0 Å². The van der Waals surface area contributed by atoms with Gasteiger partial charge in [0.15, 0.2) is 0 Å². The van der Waals surface area contributed by atoms with E-state index >= 15 is 0 Å². The maximum Gasteiger partial charge on any atom is 0.0676 e. The van der Waals surface area contributed by atoms with Crippen molar-refractivity contribution < 1.29 is 4.48 Å². The Balaban J connectivity index is -0.000000154. The van der Waals surface area contributed by atoms with Gasteiger partial charge in [0.05, 0.1) is 5.70 Å². The Bertz CT molecular complexity index is 457. The zero-order chi connectivity index (χ0) is 23.3. The molecule has 1 aliphatic carbocycles. The van der Waals surface area contributed by atoms with Gasteiger partial charge in [0.1, 0.15) is 0 Å². The van der Waals surface area contributed by atoms with Crippen molar-refractivity contribution in [3.05, 3.63) is 45.7 Å². The van der Waals surface area contributed by atoms with Crippen LogP contribution in [0, 0.1) is 0 Å². The highest BCUT2D eigenvalue weighted by atomic mass is 19.2. The van der Waals surface area contributed by atoms with Crippen molar-refractivity contribution in [1.82, 2.24) is 5.12 Å². The molecule has 0 aliphatic heterocycles. The molecular formula is C26H52FN. The lowest BCUT2D eigenvalue weighted by Crippen LogP contribution is -2.14. The summed E-state index contributed by atoms with van der Waals surface area (Å²) in [5, 5.41) is 0.817. The average molecular weight is 398 g/mol. The number of likely N-dealkylation sites (N-methyl/N-ethyl adjacent to an activating group) is 1. The van der Waals surface area contributed by atoms with Crippen LogP contribution in [0.5, 0.6) is 0 Å². The summed E-state index contributed by atoms with van der Waals surface area (Å²) in [6, 6.07) is 0. The molecule has 168 valence electrons. The van der Waals surface area contributed by atoms with Crippen LogP contribution in [-0.4, -0.2) is 11.7 Å². The molecule has 28 heavy (non-hydrogen) atoms. The first-order valence-electron chi connectivity index (χ1n) is 11.1. The standard InChI is InChI=1S/C10H16FN.2C6H12.2C2H6/c1-4-12(11)10-7-8(2)5-6-9(10)3;1-5(2)6(3)4;1-4-5-6(2)3;2*1-2/h7H,4-6H2,1-3H3;1-4H3;5H,4H2,1-3H3;2*1-2H3. The van der Waals surface area contributed by atoms with Crippen LogP contribution in [0.1, 0.15) is 116 Å². The fourth-order valence-electron chi connectivity index (χ4n) is 1.80. The molecule has 0 atom stereocenters. The van der Waals surface area contributed by atoms with Crippen molar-refractivity contribution in [3.63, 3.8) is 0 Å². The quantitative estimate of drug-likeness (QED) is 0.338. The molecule has 0 aromatic carbocycles. The van der Waals surface area contributed by atoms with Crippen LogP contribution >= 0.6 is 0 Å². The molecule has 1 nitrogen and oxygen atoms in total. The summed E-state index contributed by atoms with van der Waals surface area (Å²) in [6.07, 6.45) is 7.40. The lowest BCUT2D eigenvalue weighted by Gasteiger charge is -2.20. The van der Waals surface area contributed by atoms with Gasteiger partial charge in [-0.1, -0.05) is 67.5 Å². The molecule has 0 saturated carbocycles. The van der Waals surface area contributed by atoms with Crippen LogP contribution in [0.25, 0.3) is 0 Å². The van der Waals surface area contributed by atoms with Crippen molar-refractivity contribution >= 4 is 0 Å². The minimum atomic E-state index is 0.427. The zero-order valence-corrected chi connectivity index (χ0v) is 21.8. The predicted octanol–water partition coefficient (Wildman–Crippen LogP) is 9.98. The Morgan fingerprint density at radius 1 is 0.893 bits per heavy atom. The van der Waals surface area contributed by atoms with E-state index in [-0.39, 0.29) is 0 Å². The molecule has 0 unspecified atom stereocenters. The Labute approximate surface area is 178 Å². The van der Waals surface area contributed by atoms with Crippen LogP contribution in [0.2, 0.25) is 0 Å². The molecule has 0 bridgehead atoms. The molecular weight excluding hydrogens is 345 g/mol. The normalized spacial score (nSPS) is 11.5. The van der Waals surface area contributed by atoms with Crippen LogP contribution in [0.15, 0.2) is 45.7 Å². The monoisotopic (exact) mass is 397 g/mol. The van der Waals surface area contributed by atoms with Crippen molar-refractivity contribution in [2.24, 2.45) is 0 Å². The predicted molar refractivity (Wildman–Crippen MR) is 131 cm³/mol. The Kier molecular flexibility index (Phi) is 29.0. The molecule has 1 rings (SSSR count). The topological polar surface area (TPSA) is 3.24 Å². The number of hydrogen-bond donors (Lipinski definition) is 0. The first-order chi connectivity index (χ1) is 13.1. The fourth-order valence-corrected chi connectivity index (χ4v) is 1.80. The van der Waals surface area contributed by atoms with E-state index in [1.165, 1.54) is 28.7 Å². The first kappa shape index (κ1) is 34.2. The van der Waals surface area contributed by atoms with Gasteiger partial charge in [0.2, 0.25) is 0 Å². The number of halogens is 1. The van der Waals surface area contributed by atoms with E-state index in [2.05, 4.69) is 61.5 Å².